The van der Waals surface area contributed by atoms with Crippen molar-refractivity contribution in [2.75, 3.05) is 32.6 Å². The van der Waals surface area contributed by atoms with Crippen molar-refractivity contribution in [2.24, 2.45) is 5.41 Å². The van der Waals surface area contributed by atoms with Gasteiger partial charge in [0.25, 0.3) is 0 Å². The number of carboxylic acid groups (broad SMARTS) is 1. The van der Waals surface area contributed by atoms with Crippen molar-refractivity contribution in [3.8, 4) is 0 Å². The van der Waals surface area contributed by atoms with Gasteiger partial charge in [-0.15, -0.1) is 0 Å². The molecule has 2 atom stereocenters. The quantitative estimate of drug-likeness (QED) is 0.676. The topological polar surface area (TPSA) is 91.3 Å². The highest BCUT2D eigenvalue weighted by molar-refractivity contribution is 5.89. The molecule has 1 heterocycles. The van der Waals surface area contributed by atoms with E-state index in [-0.39, 0.29) is 29.7 Å². The first kappa shape index (κ1) is 23.9. The van der Waals surface area contributed by atoms with Gasteiger partial charge in [0.15, 0.2) is 6.29 Å². The number of nitrogens with one attached hydrogen (secondary N) is 1. The molecular formula is C21H32FN3O5. The van der Waals surface area contributed by atoms with Crippen LogP contribution in [-0.2, 0) is 9.47 Å². The molecule has 1 aromatic carbocycles. The van der Waals surface area contributed by atoms with Crippen LogP contribution in [0.1, 0.15) is 33.6 Å². The van der Waals surface area contributed by atoms with Gasteiger partial charge in [0.1, 0.15) is 5.82 Å². The van der Waals surface area contributed by atoms with Crippen molar-refractivity contribution in [3.05, 3.63) is 30.1 Å². The third-order valence-electron chi connectivity index (χ3n) is 5.51. The van der Waals surface area contributed by atoms with E-state index < -0.39 is 24.2 Å². The van der Waals surface area contributed by atoms with Crippen LogP contribution in [0.15, 0.2) is 24.3 Å². The molecule has 30 heavy (non-hydrogen) atoms. The fourth-order valence-electron chi connectivity index (χ4n) is 3.83. The van der Waals surface area contributed by atoms with E-state index in [4.69, 9.17) is 9.47 Å². The minimum absolute atomic E-state index is 0.0780. The van der Waals surface area contributed by atoms with Crippen molar-refractivity contribution in [2.45, 2.75) is 52.0 Å². The van der Waals surface area contributed by atoms with Gasteiger partial charge in [-0.05, 0) is 30.4 Å². The zero-order chi connectivity index (χ0) is 22.5. The van der Waals surface area contributed by atoms with Crippen LogP contribution in [0.3, 0.4) is 0 Å². The lowest BCUT2D eigenvalue weighted by molar-refractivity contribution is -0.116. The molecule has 1 saturated heterocycles. The number of halogens is 1. The van der Waals surface area contributed by atoms with Crippen LogP contribution in [0.25, 0.3) is 0 Å². The highest BCUT2D eigenvalue weighted by Crippen LogP contribution is 2.34. The van der Waals surface area contributed by atoms with E-state index in [9.17, 15) is 19.1 Å². The highest BCUT2D eigenvalue weighted by atomic mass is 19.1. The van der Waals surface area contributed by atoms with Crippen LogP contribution in [0.4, 0.5) is 19.7 Å². The Hall–Kier alpha value is -2.39. The number of anilines is 1. The molecule has 8 nitrogen and oxygen atoms in total. The second-order valence-electron chi connectivity index (χ2n) is 8.50. The molecule has 1 aliphatic heterocycles. The maximum absolute atomic E-state index is 14.1. The Kier molecular flexibility index (Phi) is 8.03. The number of hydrogen-bond acceptors (Lipinski definition) is 4. The van der Waals surface area contributed by atoms with Crippen LogP contribution in [0.2, 0.25) is 0 Å². The van der Waals surface area contributed by atoms with Crippen molar-refractivity contribution in [3.63, 3.8) is 0 Å². The summed E-state index contributed by atoms with van der Waals surface area (Å²) in [5.74, 6) is -0.533. The average molecular weight is 426 g/mol. The Morgan fingerprint density at radius 3 is 2.47 bits per heavy atom. The Morgan fingerprint density at radius 2 is 1.93 bits per heavy atom. The Morgan fingerprint density at radius 1 is 1.30 bits per heavy atom. The van der Waals surface area contributed by atoms with Crippen LogP contribution < -0.4 is 5.32 Å². The minimum atomic E-state index is -0.970. The number of carbonyl (C=O) groups excluding carboxylic acids is 1. The Labute approximate surface area is 176 Å². The monoisotopic (exact) mass is 425 g/mol. The summed E-state index contributed by atoms with van der Waals surface area (Å²) >= 11 is 0. The number of benzene rings is 1. The third kappa shape index (κ3) is 5.82. The summed E-state index contributed by atoms with van der Waals surface area (Å²) in [6, 6.07) is 4.92. The summed E-state index contributed by atoms with van der Waals surface area (Å²) in [7, 11) is 2.96. The number of ether oxygens (including phenoxy) is 2. The largest absolute Gasteiger partial charge is 0.465 e. The number of methoxy groups -OCH3 is 2. The molecule has 0 aromatic heterocycles. The van der Waals surface area contributed by atoms with Gasteiger partial charge < -0.3 is 29.7 Å². The van der Waals surface area contributed by atoms with E-state index in [1.165, 1.54) is 31.3 Å². The van der Waals surface area contributed by atoms with Crippen molar-refractivity contribution in [1.82, 2.24) is 9.80 Å². The number of amides is 3. The number of hydrogen-bond donors (Lipinski definition) is 2. The summed E-state index contributed by atoms with van der Waals surface area (Å²) in [5.41, 5.74) is -0.235. The zero-order valence-corrected chi connectivity index (χ0v) is 18.2. The van der Waals surface area contributed by atoms with Crippen molar-refractivity contribution in [1.29, 1.82) is 0 Å². The number of rotatable bonds is 6. The predicted octanol–water partition coefficient (Wildman–Crippen LogP) is 3.84. The normalized spacial score (nSPS) is 19.6. The van der Waals surface area contributed by atoms with Gasteiger partial charge >= 0.3 is 12.1 Å². The second kappa shape index (κ2) is 10.1. The predicted molar refractivity (Wildman–Crippen MR) is 111 cm³/mol. The number of nitrogens with zero attached hydrogens (tertiary/aromatic N) is 2. The molecule has 0 bridgehead atoms. The minimum Gasteiger partial charge on any atom is -0.465 e. The van der Waals surface area contributed by atoms with Gasteiger partial charge in [-0.1, -0.05) is 32.9 Å². The van der Waals surface area contributed by atoms with Gasteiger partial charge in [0.2, 0.25) is 0 Å². The van der Waals surface area contributed by atoms with Crippen LogP contribution in [-0.4, -0.2) is 72.7 Å². The number of likely N-dealkylation sites (tertiary alicyclic amines) is 1. The Balaban J connectivity index is 2.28. The van der Waals surface area contributed by atoms with E-state index in [1.807, 2.05) is 20.8 Å². The highest BCUT2D eigenvalue weighted by Gasteiger charge is 2.41. The second-order valence-corrected chi connectivity index (χ2v) is 8.50. The maximum atomic E-state index is 14.1. The average Bonchev–Trinajstić information content (AvgIpc) is 2.69. The lowest BCUT2D eigenvalue weighted by atomic mass is 9.79. The summed E-state index contributed by atoms with van der Waals surface area (Å²) < 4.78 is 24.6. The molecule has 1 aliphatic rings. The number of para-hydroxylation sites is 1. The van der Waals surface area contributed by atoms with E-state index in [0.29, 0.717) is 19.4 Å². The lowest BCUT2D eigenvalue weighted by Gasteiger charge is -2.47. The molecule has 168 valence electrons. The molecule has 3 amide bonds. The van der Waals surface area contributed by atoms with Crippen LogP contribution in [0.5, 0.6) is 0 Å². The van der Waals surface area contributed by atoms with Crippen LogP contribution in [0, 0.1) is 11.2 Å². The summed E-state index contributed by atoms with van der Waals surface area (Å²) in [4.78, 5) is 27.8. The zero-order valence-electron chi connectivity index (χ0n) is 18.2. The molecule has 9 heteroatoms. The van der Waals surface area contributed by atoms with Crippen LogP contribution >= 0.6 is 0 Å². The maximum Gasteiger partial charge on any atom is 0.407 e. The summed E-state index contributed by atoms with van der Waals surface area (Å²) in [6.45, 7) is 6.37. The molecule has 2 unspecified atom stereocenters. The van der Waals surface area contributed by atoms with Crippen molar-refractivity contribution >= 4 is 17.8 Å². The molecule has 0 spiro atoms. The molecule has 1 aromatic rings. The molecule has 0 aliphatic carbocycles. The van der Waals surface area contributed by atoms with Gasteiger partial charge in [0.05, 0.1) is 12.2 Å². The number of carbonyl (C=O) groups is 2. The van der Waals surface area contributed by atoms with Gasteiger partial charge in [0, 0.05) is 32.8 Å². The first-order valence-electron chi connectivity index (χ1n) is 9.95. The van der Waals surface area contributed by atoms with E-state index in [1.54, 1.807) is 17.0 Å². The molecular weight excluding hydrogens is 393 g/mol. The molecule has 0 radical (unpaired) electrons. The fraction of sp³-hybridized carbons (Fsp3) is 0.619. The Bertz CT molecular complexity index is 736. The summed E-state index contributed by atoms with van der Waals surface area (Å²) in [5, 5.41) is 12.2. The molecule has 0 saturated carbocycles. The first-order valence-corrected chi connectivity index (χ1v) is 9.95. The third-order valence-corrected chi connectivity index (χ3v) is 5.51. The fourth-order valence-corrected chi connectivity index (χ4v) is 3.83. The number of urea groups is 1. The van der Waals surface area contributed by atoms with E-state index in [0.717, 1.165) is 0 Å². The summed E-state index contributed by atoms with van der Waals surface area (Å²) in [6.07, 6.45) is -0.714. The van der Waals surface area contributed by atoms with E-state index in [2.05, 4.69) is 5.32 Å². The molecule has 2 rings (SSSR count). The van der Waals surface area contributed by atoms with Crippen molar-refractivity contribution < 1.29 is 28.6 Å². The molecule has 1 fully saturated rings. The lowest BCUT2D eigenvalue weighted by Crippen LogP contribution is -2.58. The molecule has 2 N–H and O–H groups in total. The first-order chi connectivity index (χ1) is 14.1. The van der Waals surface area contributed by atoms with Gasteiger partial charge in [-0.2, -0.15) is 0 Å². The van der Waals surface area contributed by atoms with Gasteiger partial charge in [-0.3, -0.25) is 0 Å². The smallest absolute Gasteiger partial charge is 0.407 e. The standard InChI is InChI=1S/C21H32FN3O5/c1-21(2,3)17-12-14(10-11-24(17)20(27)28)25(13-18(29-4)30-5)19(26)23-16-9-7-6-8-15(16)22/h6-9,14,17-18H,10-13H2,1-5H3,(H,23,26)(H,27,28). The number of piperidine rings is 1. The van der Waals surface area contributed by atoms with Gasteiger partial charge in [-0.25, -0.2) is 14.0 Å². The van der Waals surface area contributed by atoms with E-state index >= 15 is 0 Å². The SMILES string of the molecule is COC(CN(C(=O)Nc1ccccc1F)C1CCN(C(=O)O)C(C(C)(C)C)C1)OC.